The molecule has 1 unspecified atom stereocenters. The van der Waals surface area contributed by atoms with E-state index in [1.54, 1.807) is 6.33 Å². The number of rotatable bonds is 3. The Hall–Kier alpha value is -1.88. The van der Waals surface area contributed by atoms with Crippen LogP contribution in [-0.2, 0) is 0 Å². The van der Waals surface area contributed by atoms with Gasteiger partial charge in [0.15, 0.2) is 0 Å². The Morgan fingerprint density at radius 1 is 1.40 bits per heavy atom. The summed E-state index contributed by atoms with van der Waals surface area (Å²) in [7, 11) is 2.19. The van der Waals surface area contributed by atoms with Gasteiger partial charge in [-0.25, -0.2) is 9.97 Å². The monoisotopic (exact) mass is 271 g/mol. The van der Waals surface area contributed by atoms with E-state index in [4.69, 9.17) is 5.73 Å². The van der Waals surface area contributed by atoms with E-state index in [0.29, 0.717) is 5.92 Å². The fourth-order valence-corrected chi connectivity index (χ4v) is 2.90. The van der Waals surface area contributed by atoms with E-state index in [1.807, 2.05) is 18.2 Å². The average Bonchev–Trinajstić information content (AvgIpc) is 2.45. The van der Waals surface area contributed by atoms with E-state index in [-0.39, 0.29) is 0 Å². The summed E-state index contributed by atoms with van der Waals surface area (Å²) in [5, 5.41) is 4.47. The van der Waals surface area contributed by atoms with Gasteiger partial charge in [-0.1, -0.05) is 0 Å². The molecule has 0 amide bonds. The normalized spacial score (nSPS) is 20.1. The second kappa shape index (κ2) is 5.63. The molecule has 0 bridgehead atoms. The van der Waals surface area contributed by atoms with Crippen molar-refractivity contribution in [1.29, 1.82) is 0 Å². The van der Waals surface area contributed by atoms with E-state index in [0.717, 1.165) is 35.5 Å². The number of piperidine rings is 1. The summed E-state index contributed by atoms with van der Waals surface area (Å²) in [6.45, 7) is 3.31. The molecule has 106 valence electrons. The number of hydrogen-bond donors (Lipinski definition) is 2. The highest BCUT2D eigenvalue weighted by molar-refractivity contribution is 5.91. The van der Waals surface area contributed by atoms with Crippen LogP contribution in [0.25, 0.3) is 10.9 Å². The Labute approximate surface area is 119 Å². The second-order valence-electron chi connectivity index (χ2n) is 5.65. The number of fused-ring (bicyclic) bond motifs is 1. The molecule has 0 aliphatic carbocycles. The van der Waals surface area contributed by atoms with Crippen molar-refractivity contribution in [2.75, 3.05) is 37.7 Å². The highest BCUT2D eigenvalue weighted by Gasteiger charge is 2.17. The first-order chi connectivity index (χ1) is 9.72. The van der Waals surface area contributed by atoms with Crippen molar-refractivity contribution < 1.29 is 0 Å². The zero-order valence-corrected chi connectivity index (χ0v) is 11.8. The van der Waals surface area contributed by atoms with Crippen LogP contribution in [0.2, 0.25) is 0 Å². The van der Waals surface area contributed by atoms with Crippen molar-refractivity contribution in [3.05, 3.63) is 24.5 Å². The number of likely N-dealkylation sites (tertiary alicyclic amines) is 1. The third-order valence-electron chi connectivity index (χ3n) is 3.94. The first kappa shape index (κ1) is 13.1. The molecule has 1 aromatic heterocycles. The maximum absolute atomic E-state index is 5.86. The number of anilines is 2. The number of nitrogens with two attached hydrogens (primary N) is 1. The van der Waals surface area contributed by atoms with Crippen LogP contribution in [0.4, 0.5) is 11.5 Å². The van der Waals surface area contributed by atoms with Gasteiger partial charge in [0.2, 0.25) is 0 Å². The van der Waals surface area contributed by atoms with Crippen LogP contribution in [0.3, 0.4) is 0 Å². The van der Waals surface area contributed by atoms with Gasteiger partial charge in [0.1, 0.15) is 12.1 Å². The molecule has 5 nitrogen and oxygen atoms in total. The molecule has 3 N–H and O–H groups in total. The van der Waals surface area contributed by atoms with Crippen LogP contribution in [-0.4, -0.2) is 41.5 Å². The third-order valence-corrected chi connectivity index (χ3v) is 3.94. The largest absolute Gasteiger partial charge is 0.399 e. The zero-order valence-electron chi connectivity index (χ0n) is 11.8. The maximum Gasteiger partial charge on any atom is 0.137 e. The van der Waals surface area contributed by atoms with E-state index >= 15 is 0 Å². The highest BCUT2D eigenvalue weighted by atomic mass is 15.1. The summed E-state index contributed by atoms with van der Waals surface area (Å²) in [6, 6.07) is 5.74. The Morgan fingerprint density at radius 2 is 2.30 bits per heavy atom. The van der Waals surface area contributed by atoms with Gasteiger partial charge in [-0.2, -0.15) is 0 Å². The minimum Gasteiger partial charge on any atom is -0.399 e. The van der Waals surface area contributed by atoms with Gasteiger partial charge in [0, 0.05) is 24.2 Å². The van der Waals surface area contributed by atoms with Gasteiger partial charge in [-0.3, -0.25) is 0 Å². The van der Waals surface area contributed by atoms with Gasteiger partial charge in [-0.15, -0.1) is 0 Å². The average molecular weight is 271 g/mol. The second-order valence-corrected chi connectivity index (χ2v) is 5.65. The lowest BCUT2D eigenvalue weighted by atomic mass is 9.98. The fraction of sp³-hybridized carbons (Fsp3) is 0.467. The maximum atomic E-state index is 5.86. The highest BCUT2D eigenvalue weighted by Crippen LogP contribution is 2.23. The Balaban J connectivity index is 1.75. The number of nitrogen functional groups attached to an aromatic ring is 1. The van der Waals surface area contributed by atoms with Crippen LogP contribution in [0, 0.1) is 5.92 Å². The summed E-state index contributed by atoms with van der Waals surface area (Å²) in [5.74, 6) is 1.57. The van der Waals surface area contributed by atoms with Crippen molar-refractivity contribution in [3.63, 3.8) is 0 Å². The summed E-state index contributed by atoms with van der Waals surface area (Å²) in [4.78, 5) is 11.0. The summed E-state index contributed by atoms with van der Waals surface area (Å²) in [6.07, 6.45) is 4.16. The fourth-order valence-electron chi connectivity index (χ4n) is 2.90. The molecule has 1 atom stereocenters. The number of benzene rings is 1. The van der Waals surface area contributed by atoms with Gasteiger partial charge < -0.3 is 16.0 Å². The van der Waals surface area contributed by atoms with Crippen LogP contribution in [0.15, 0.2) is 24.5 Å². The molecule has 3 rings (SSSR count). The minimum atomic E-state index is 0.680. The van der Waals surface area contributed by atoms with Gasteiger partial charge >= 0.3 is 0 Å². The topological polar surface area (TPSA) is 67.1 Å². The molecule has 0 spiro atoms. The minimum absolute atomic E-state index is 0.680. The van der Waals surface area contributed by atoms with Crippen molar-refractivity contribution in [3.8, 4) is 0 Å². The summed E-state index contributed by atoms with van der Waals surface area (Å²) in [5.41, 5.74) is 7.53. The van der Waals surface area contributed by atoms with Crippen LogP contribution in [0.5, 0.6) is 0 Å². The van der Waals surface area contributed by atoms with Gasteiger partial charge in [0.05, 0.1) is 5.52 Å². The van der Waals surface area contributed by atoms with Crippen molar-refractivity contribution in [1.82, 2.24) is 14.9 Å². The lowest BCUT2D eigenvalue weighted by Gasteiger charge is -2.29. The van der Waals surface area contributed by atoms with Crippen LogP contribution < -0.4 is 11.1 Å². The van der Waals surface area contributed by atoms with Crippen molar-refractivity contribution >= 4 is 22.4 Å². The van der Waals surface area contributed by atoms with E-state index in [1.165, 1.54) is 19.4 Å². The molecule has 0 radical (unpaired) electrons. The van der Waals surface area contributed by atoms with Crippen molar-refractivity contribution in [2.24, 2.45) is 5.92 Å². The number of hydrogen-bond acceptors (Lipinski definition) is 5. The molecule has 1 aromatic carbocycles. The zero-order chi connectivity index (χ0) is 13.9. The first-order valence-electron chi connectivity index (χ1n) is 7.15. The quantitative estimate of drug-likeness (QED) is 0.835. The molecule has 1 aliphatic rings. The Kier molecular flexibility index (Phi) is 3.69. The summed E-state index contributed by atoms with van der Waals surface area (Å²) < 4.78 is 0. The van der Waals surface area contributed by atoms with Gasteiger partial charge in [0.25, 0.3) is 0 Å². The van der Waals surface area contributed by atoms with Gasteiger partial charge in [-0.05, 0) is 50.6 Å². The first-order valence-corrected chi connectivity index (χ1v) is 7.15. The molecule has 0 saturated carbocycles. The number of aromatic nitrogens is 2. The van der Waals surface area contributed by atoms with Crippen LogP contribution in [0.1, 0.15) is 12.8 Å². The summed E-state index contributed by atoms with van der Waals surface area (Å²) >= 11 is 0. The molecule has 2 aromatic rings. The molecule has 20 heavy (non-hydrogen) atoms. The Bertz CT molecular complexity index is 598. The molecule has 5 heteroatoms. The lowest BCUT2D eigenvalue weighted by Crippen LogP contribution is -2.35. The molecule has 1 saturated heterocycles. The van der Waals surface area contributed by atoms with E-state index in [2.05, 4.69) is 27.2 Å². The lowest BCUT2D eigenvalue weighted by molar-refractivity contribution is 0.217. The van der Waals surface area contributed by atoms with E-state index in [9.17, 15) is 0 Å². The van der Waals surface area contributed by atoms with Crippen LogP contribution >= 0.6 is 0 Å². The smallest absolute Gasteiger partial charge is 0.137 e. The molecular weight excluding hydrogens is 250 g/mol. The predicted molar refractivity (Wildman–Crippen MR) is 82.7 cm³/mol. The molecule has 1 aliphatic heterocycles. The predicted octanol–water partition coefficient (Wildman–Crippen LogP) is 1.97. The Morgan fingerprint density at radius 3 is 3.15 bits per heavy atom. The van der Waals surface area contributed by atoms with E-state index < -0.39 is 0 Å². The standard InChI is InChI=1S/C15H21N5/c1-20-6-2-3-11(9-20)8-17-15-13-7-12(16)4-5-14(13)18-10-19-15/h4-5,7,10-11H,2-3,6,8-9,16H2,1H3,(H,17,18,19). The number of nitrogens with zero attached hydrogens (tertiary/aromatic N) is 3. The third kappa shape index (κ3) is 2.82. The molecule has 2 heterocycles. The molecule has 1 fully saturated rings. The van der Waals surface area contributed by atoms with Crippen molar-refractivity contribution in [2.45, 2.75) is 12.8 Å². The number of nitrogens with one attached hydrogen (secondary N) is 1. The molecular formula is C15H21N5. The SMILES string of the molecule is CN1CCCC(CNc2ncnc3ccc(N)cc23)C1.